The number of hydrogen-bond acceptors (Lipinski definition) is 4. The lowest BCUT2D eigenvalue weighted by molar-refractivity contribution is -0.116. The summed E-state index contributed by atoms with van der Waals surface area (Å²) in [6.45, 7) is 7.87. The molecule has 1 aromatic heterocycles. The van der Waals surface area contributed by atoms with E-state index >= 15 is 0 Å². The second-order valence-corrected chi connectivity index (χ2v) is 7.16. The molecule has 2 amide bonds. The smallest absolute Gasteiger partial charge is 0.345 e. The molecule has 2 aromatic rings. The summed E-state index contributed by atoms with van der Waals surface area (Å²) in [5.74, 6) is -0.685. The summed E-state index contributed by atoms with van der Waals surface area (Å²) in [6, 6.07) is 9.03. The Morgan fingerprint density at radius 2 is 1.92 bits per heavy atom. The quantitative estimate of drug-likeness (QED) is 0.763. The second kappa shape index (κ2) is 7.95. The van der Waals surface area contributed by atoms with Gasteiger partial charge in [0.15, 0.2) is 0 Å². The number of benzene rings is 1. The molecule has 0 fully saturated rings. The molecule has 2 rings (SSSR count). The Balaban J connectivity index is 1.92. The lowest BCUT2D eigenvalue weighted by Crippen LogP contribution is -2.31. The van der Waals surface area contributed by atoms with Crippen molar-refractivity contribution in [3.05, 3.63) is 57.8 Å². The topological polar surface area (TPSA) is 104 Å². The maximum absolute atomic E-state index is 12.2. The van der Waals surface area contributed by atoms with Crippen LogP contribution in [0.25, 0.3) is 0 Å². The SMILES string of the molecule is Cc1cccc(NC(=O)CCNC(=O)c2cc(C(C)(C)C)[nH]c(=O)n2)c1. The number of anilines is 1. The van der Waals surface area contributed by atoms with Crippen LogP contribution in [0, 0.1) is 6.92 Å². The number of aromatic amines is 1. The third-order valence-corrected chi connectivity index (χ3v) is 3.72. The first-order chi connectivity index (χ1) is 12.1. The zero-order chi connectivity index (χ0) is 19.3. The van der Waals surface area contributed by atoms with Crippen molar-refractivity contribution in [1.82, 2.24) is 15.3 Å². The molecule has 0 radical (unpaired) electrons. The third kappa shape index (κ3) is 5.54. The van der Waals surface area contributed by atoms with E-state index in [9.17, 15) is 14.4 Å². The van der Waals surface area contributed by atoms with Crippen LogP contribution in [0.5, 0.6) is 0 Å². The lowest BCUT2D eigenvalue weighted by atomic mass is 9.91. The fourth-order valence-corrected chi connectivity index (χ4v) is 2.30. The average Bonchev–Trinajstić information content (AvgIpc) is 2.53. The van der Waals surface area contributed by atoms with Crippen LogP contribution >= 0.6 is 0 Å². The van der Waals surface area contributed by atoms with Gasteiger partial charge in [-0.25, -0.2) is 4.79 Å². The van der Waals surface area contributed by atoms with Crippen LogP contribution in [-0.2, 0) is 10.2 Å². The molecule has 1 heterocycles. The maximum atomic E-state index is 12.2. The first-order valence-corrected chi connectivity index (χ1v) is 8.42. The second-order valence-electron chi connectivity index (χ2n) is 7.16. The van der Waals surface area contributed by atoms with E-state index in [1.165, 1.54) is 0 Å². The van der Waals surface area contributed by atoms with Crippen LogP contribution < -0.4 is 16.3 Å². The van der Waals surface area contributed by atoms with E-state index < -0.39 is 11.6 Å². The molecular weight excluding hydrogens is 332 g/mol. The molecule has 26 heavy (non-hydrogen) atoms. The normalized spacial score (nSPS) is 11.1. The van der Waals surface area contributed by atoms with Crippen LogP contribution in [0.4, 0.5) is 5.69 Å². The molecule has 138 valence electrons. The van der Waals surface area contributed by atoms with Crippen LogP contribution in [0.15, 0.2) is 35.1 Å². The molecule has 0 aliphatic carbocycles. The van der Waals surface area contributed by atoms with Crippen molar-refractivity contribution in [2.45, 2.75) is 39.5 Å². The maximum Gasteiger partial charge on any atom is 0.345 e. The number of aryl methyl sites for hydroxylation is 1. The summed E-state index contributed by atoms with van der Waals surface area (Å²) < 4.78 is 0. The summed E-state index contributed by atoms with van der Waals surface area (Å²) in [4.78, 5) is 42.2. The highest BCUT2D eigenvalue weighted by Crippen LogP contribution is 2.18. The summed E-state index contributed by atoms with van der Waals surface area (Å²) >= 11 is 0. The molecule has 1 aromatic carbocycles. The summed E-state index contributed by atoms with van der Waals surface area (Å²) in [5.41, 5.74) is 1.54. The number of H-pyrrole nitrogens is 1. The highest BCUT2D eigenvalue weighted by molar-refractivity contribution is 5.94. The molecule has 0 spiro atoms. The molecule has 0 unspecified atom stereocenters. The van der Waals surface area contributed by atoms with Crippen LogP contribution in [0.2, 0.25) is 0 Å². The minimum absolute atomic E-state index is 0.0396. The van der Waals surface area contributed by atoms with Gasteiger partial charge >= 0.3 is 5.69 Å². The number of carbonyl (C=O) groups is 2. The van der Waals surface area contributed by atoms with Gasteiger partial charge in [0.25, 0.3) is 5.91 Å². The van der Waals surface area contributed by atoms with E-state index in [-0.39, 0.29) is 30.0 Å². The molecule has 0 saturated carbocycles. The number of aromatic nitrogens is 2. The fraction of sp³-hybridized carbons (Fsp3) is 0.368. The van der Waals surface area contributed by atoms with Crippen molar-refractivity contribution in [2.24, 2.45) is 0 Å². The largest absolute Gasteiger partial charge is 0.350 e. The summed E-state index contributed by atoms with van der Waals surface area (Å²) in [6.07, 6.45) is 0.120. The highest BCUT2D eigenvalue weighted by Gasteiger charge is 2.18. The molecular formula is C19H24N4O3. The van der Waals surface area contributed by atoms with E-state index in [0.717, 1.165) is 5.56 Å². The van der Waals surface area contributed by atoms with Crippen molar-refractivity contribution in [2.75, 3.05) is 11.9 Å². The van der Waals surface area contributed by atoms with Crippen LogP contribution in [-0.4, -0.2) is 28.3 Å². The first-order valence-electron chi connectivity index (χ1n) is 8.42. The van der Waals surface area contributed by atoms with Gasteiger partial charge in [0.2, 0.25) is 5.91 Å². The van der Waals surface area contributed by atoms with Gasteiger partial charge in [-0.3, -0.25) is 9.59 Å². The Morgan fingerprint density at radius 1 is 1.19 bits per heavy atom. The average molecular weight is 356 g/mol. The van der Waals surface area contributed by atoms with Crippen molar-refractivity contribution < 1.29 is 9.59 Å². The van der Waals surface area contributed by atoms with Gasteiger partial charge < -0.3 is 15.6 Å². The van der Waals surface area contributed by atoms with Gasteiger partial charge in [0, 0.05) is 29.8 Å². The van der Waals surface area contributed by atoms with E-state index in [0.29, 0.717) is 11.4 Å². The van der Waals surface area contributed by atoms with Crippen molar-refractivity contribution in [3.8, 4) is 0 Å². The number of rotatable bonds is 5. The standard InChI is InChI=1S/C19H24N4O3/c1-12-6-5-7-13(10-12)21-16(24)8-9-20-17(25)14-11-15(19(2,3)4)23-18(26)22-14/h5-7,10-11H,8-9H2,1-4H3,(H,20,25)(H,21,24)(H,22,23,26). The number of carbonyl (C=O) groups excluding carboxylic acids is 2. The van der Waals surface area contributed by atoms with Crippen molar-refractivity contribution in [3.63, 3.8) is 0 Å². The van der Waals surface area contributed by atoms with Gasteiger partial charge in [-0.15, -0.1) is 0 Å². The summed E-state index contributed by atoms with van der Waals surface area (Å²) in [5, 5.41) is 5.39. The predicted octanol–water partition coefficient (Wildman–Crippen LogP) is 2.13. The number of hydrogen-bond donors (Lipinski definition) is 3. The Hall–Kier alpha value is -2.96. The molecule has 0 saturated heterocycles. The molecule has 0 aliphatic rings. The number of nitrogens with zero attached hydrogens (tertiary/aromatic N) is 1. The predicted molar refractivity (Wildman–Crippen MR) is 100 cm³/mol. The number of nitrogens with one attached hydrogen (secondary N) is 3. The van der Waals surface area contributed by atoms with Crippen LogP contribution in [0.3, 0.4) is 0 Å². The first kappa shape index (κ1) is 19.4. The Labute approximate surface area is 152 Å². The van der Waals surface area contributed by atoms with Gasteiger partial charge in [-0.2, -0.15) is 4.98 Å². The van der Waals surface area contributed by atoms with Gasteiger partial charge in [-0.1, -0.05) is 32.9 Å². The minimum Gasteiger partial charge on any atom is -0.350 e. The van der Waals surface area contributed by atoms with E-state index in [1.54, 1.807) is 12.1 Å². The Morgan fingerprint density at radius 3 is 2.58 bits per heavy atom. The third-order valence-electron chi connectivity index (χ3n) is 3.72. The molecule has 3 N–H and O–H groups in total. The van der Waals surface area contributed by atoms with Crippen molar-refractivity contribution >= 4 is 17.5 Å². The molecule has 7 nitrogen and oxygen atoms in total. The van der Waals surface area contributed by atoms with Gasteiger partial charge in [-0.05, 0) is 30.7 Å². The molecule has 0 bridgehead atoms. The van der Waals surface area contributed by atoms with Crippen molar-refractivity contribution in [1.29, 1.82) is 0 Å². The monoisotopic (exact) mass is 356 g/mol. The Bertz CT molecular complexity index is 866. The molecule has 7 heteroatoms. The summed E-state index contributed by atoms with van der Waals surface area (Å²) in [7, 11) is 0. The zero-order valence-electron chi connectivity index (χ0n) is 15.5. The zero-order valence-corrected chi connectivity index (χ0v) is 15.5. The lowest BCUT2D eigenvalue weighted by Gasteiger charge is -2.18. The van der Waals surface area contributed by atoms with Gasteiger partial charge in [0.05, 0.1) is 0 Å². The van der Waals surface area contributed by atoms with E-state index in [1.807, 2.05) is 45.9 Å². The Kier molecular flexibility index (Phi) is 5.92. The van der Waals surface area contributed by atoms with E-state index in [2.05, 4.69) is 20.6 Å². The molecule has 0 atom stereocenters. The van der Waals surface area contributed by atoms with Crippen LogP contribution in [0.1, 0.15) is 48.9 Å². The van der Waals surface area contributed by atoms with E-state index in [4.69, 9.17) is 0 Å². The van der Waals surface area contributed by atoms with Gasteiger partial charge in [0.1, 0.15) is 5.69 Å². The minimum atomic E-state index is -0.570. The number of amides is 2. The fourth-order valence-electron chi connectivity index (χ4n) is 2.30. The molecule has 0 aliphatic heterocycles. The highest BCUT2D eigenvalue weighted by atomic mass is 16.2.